The molecule has 1 atom stereocenters. The SMILES string of the molecule is CNCC(Cc1cc(F)ccc1C)c1ccccc1C. The Balaban J connectivity index is 2.30. The minimum Gasteiger partial charge on any atom is -0.319 e. The molecule has 0 bridgehead atoms. The molecule has 0 saturated heterocycles. The zero-order chi connectivity index (χ0) is 14.5. The van der Waals surface area contributed by atoms with E-state index in [0.717, 1.165) is 24.1 Å². The van der Waals surface area contributed by atoms with Crippen molar-refractivity contribution in [2.45, 2.75) is 26.2 Å². The molecular weight excluding hydrogens is 249 g/mol. The van der Waals surface area contributed by atoms with Gasteiger partial charge >= 0.3 is 0 Å². The molecule has 1 nitrogen and oxygen atoms in total. The predicted molar refractivity (Wildman–Crippen MR) is 82.7 cm³/mol. The van der Waals surface area contributed by atoms with Crippen molar-refractivity contribution in [2.24, 2.45) is 0 Å². The normalized spacial score (nSPS) is 12.4. The van der Waals surface area contributed by atoms with E-state index in [0.29, 0.717) is 5.92 Å². The summed E-state index contributed by atoms with van der Waals surface area (Å²) >= 11 is 0. The Hall–Kier alpha value is -1.67. The molecule has 1 N–H and O–H groups in total. The number of benzene rings is 2. The summed E-state index contributed by atoms with van der Waals surface area (Å²) in [4.78, 5) is 0. The Morgan fingerprint density at radius 3 is 2.50 bits per heavy atom. The second kappa shape index (κ2) is 6.67. The van der Waals surface area contributed by atoms with Gasteiger partial charge in [0.05, 0.1) is 0 Å². The number of rotatable bonds is 5. The fraction of sp³-hybridized carbons (Fsp3) is 0.333. The minimum absolute atomic E-state index is 0.154. The van der Waals surface area contributed by atoms with Crippen molar-refractivity contribution in [3.05, 3.63) is 70.5 Å². The van der Waals surface area contributed by atoms with E-state index in [1.807, 2.05) is 20.0 Å². The first kappa shape index (κ1) is 14.7. The van der Waals surface area contributed by atoms with E-state index in [1.165, 1.54) is 17.2 Å². The van der Waals surface area contributed by atoms with Gasteiger partial charge in [0.25, 0.3) is 0 Å². The highest BCUT2D eigenvalue weighted by Gasteiger charge is 2.15. The van der Waals surface area contributed by atoms with Gasteiger partial charge in [-0.15, -0.1) is 0 Å². The van der Waals surface area contributed by atoms with Crippen LogP contribution in [0, 0.1) is 19.7 Å². The predicted octanol–water partition coefficient (Wildman–Crippen LogP) is 3.99. The third-order valence-electron chi connectivity index (χ3n) is 3.86. The van der Waals surface area contributed by atoms with Crippen molar-refractivity contribution in [1.82, 2.24) is 5.32 Å². The fourth-order valence-electron chi connectivity index (χ4n) is 2.71. The zero-order valence-corrected chi connectivity index (χ0v) is 12.4. The number of nitrogens with one attached hydrogen (secondary N) is 1. The number of halogens is 1. The average Bonchev–Trinajstić information content (AvgIpc) is 2.43. The molecule has 0 amide bonds. The van der Waals surface area contributed by atoms with Crippen LogP contribution in [0.5, 0.6) is 0 Å². The van der Waals surface area contributed by atoms with Gasteiger partial charge in [-0.05, 0) is 61.7 Å². The van der Waals surface area contributed by atoms with Crippen LogP contribution in [0.4, 0.5) is 4.39 Å². The summed E-state index contributed by atoms with van der Waals surface area (Å²) in [5.41, 5.74) is 4.88. The molecule has 1 unspecified atom stereocenters. The van der Waals surface area contributed by atoms with Crippen LogP contribution in [0.25, 0.3) is 0 Å². The Morgan fingerprint density at radius 1 is 1.05 bits per heavy atom. The standard InChI is InChI=1S/C18H22FN/c1-13-8-9-17(19)11-15(13)10-16(12-20-3)18-7-5-4-6-14(18)2/h4-9,11,16,20H,10,12H2,1-3H3. The Kier molecular flexibility index (Phi) is 4.91. The number of aryl methyl sites for hydroxylation is 2. The molecule has 0 fully saturated rings. The quantitative estimate of drug-likeness (QED) is 0.867. The Morgan fingerprint density at radius 2 is 1.80 bits per heavy atom. The molecule has 0 aromatic heterocycles. The summed E-state index contributed by atoms with van der Waals surface area (Å²) in [5, 5.41) is 3.25. The highest BCUT2D eigenvalue weighted by atomic mass is 19.1. The third-order valence-corrected chi connectivity index (χ3v) is 3.86. The second-order valence-corrected chi connectivity index (χ2v) is 5.39. The maximum atomic E-state index is 13.4. The van der Waals surface area contributed by atoms with Gasteiger partial charge in [-0.3, -0.25) is 0 Å². The largest absolute Gasteiger partial charge is 0.319 e. The van der Waals surface area contributed by atoms with Crippen molar-refractivity contribution in [2.75, 3.05) is 13.6 Å². The lowest BCUT2D eigenvalue weighted by atomic mass is 9.88. The first-order valence-electron chi connectivity index (χ1n) is 7.07. The zero-order valence-electron chi connectivity index (χ0n) is 12.4. The van der Waals surface area contributed by atoms with E-state index in [4.69, 9.17) is 0 Å². The van der Waals surface area contributed by atoms with Crippen LogP contribution in [0.15, 0.2) is 42.5 Å². The first-order chi connectivity index (χ1) is 9.61. The second-order valence-electron chi connectivity index (χ2n) is 5.39. The van der Waals surface area contributed by atoms with Gasteiger partial charge < -0.3 is 5.32 Å². The molecule has 0 aliphatic carbocycles. The smallest absolute Gasteiger partial charge is 0.123 e. The maximum Gasteiger partial charge on any atom is 0.123 e. The van der Waals surface area contributed by atoms with Crippen LogP contribution in [-0.2, 0) is 6.42 Å². The van der Waals surface area contributed by atoms with Gasteiger partial charge in [-0.1, -0.05) is 30.3 Å². The van der Waals surface area contributed by atoms with Crippen molar-refractivity contribution in [3.63, 3.8) is 0 Å². The van der Waals surface area contributed by atoms with Crippen molar-refractivity contribution in [3.8, 4) is 0 Å². The third kappa shape index (κ3) is 3.45. The molecule has 0 radical (unpaired) electrons. The summed E-state index contributed by atoms with van der Waals surface area (Å²) in [7, 11) is 1.96. The summed E-state index contributed by atoms with van der Waals surface area (Å²) in [6, 6.07) is 13.5. The summed E-state index contributed by atoms with van der Waals surface area (Å²) in [6.45, 7) is 5.07. The van der Waals surface area contributed by atoms with Gasteiger partial charge in [0.15, 0.2) is 0 Å². The number of hydrogen-bond donors (Lipinski definition) is 1. The van der Waals surface area contributed by atoms with E-state index in [2.05, 4.69) is 36.5 Å². The lowest BCUT2D eigenvalue weighted by Crippen LogP contribution is -2.20. The van der Waals surface area contributed by atoms with Crippen molar-refractivity contribution >= 4 is 0 Å². The van der Waals surface area contributed by atoms with Crippen LogP contribution in [0.2, 0.25) is 0 Å². The molecule has 0 heterocycles. The van der Waals surface area contributed by atoms with Crippen LogP contribution in [0.3, 0.4) is 0 Å². The van der Waals surface area contributed by atoms with E-state index in [1.54, 1.807) is 6.07 Å². The highest BCUT2D eigenvalue weighted by Crippen LogP contribution is 2.25. The van der Waals surface area contributed by atoms with Crippen LogP contribution >= 0.6 is 0 Å². The molecule has 20 heavy (non-hydrogen) atoms. The average molecular weight is 271 g/mol. The van der Waals surface area contributed by atoms with Gasteiger partial charge in [0.2, 0.25) is 0 Å². The lowest BCUT2D eigenvalue weighted by molar-refractivity contribution is 0.605. The maximum absolute atomic E-state index is 13.4. The van der Waals surface area contributed by atoms with Gasteiger partial charge in [0.1, 0.15) is 5.82 Å². The summed E-state index contributed by atoms with van der Waals surface area (Å²) in [6.07, 6.45) is 0.856. The topological polar surface area (TPSA) is 12.0 Å². The first-order valence-corrected chi connectivity index (χ1v) is 7.07. The Labute approximate surface area is 120 Å². The van der Waals surface area contributed by atoms with Crippen LogP contribution in [0.1, 0.15) is 28.2 Å². The Bertz CT molecular complexity index is 577. The van der Waals surface area contributed by atoms with E-state index in [-0.39, 0.29) is 5.82 Å². The fourth-order valence-corrected chi connectivity index (χ4v) is 2.71. The van der Waals surface area contributed by atoms with Crippen molar-refractivity contribution in [1.29, 1.82) is 0 Å². The number of hydrogen-bond acceptors (Lipinski definition) is 1. The van der Waals surface area contributed by atoms with Crippen LogP contribution < -0.4 is 5.32 Å². The highest BCUT2D eigenvalue weighted by molar-refractivity contribution is 5.34. The van der Waals surface area contributed by atoms with E-state index >= 15 is 0 Å². The molecule has 0 spiro atoms. The molecule has 0 aliphatic heterocycles. The molecule has 0 aliphatic rings. The molecule has 2 aromatic carbocycles. The molecule has 0 saturated carbocycles. The van der Waals surface area contributed by atoms with Gasteiger partial charge in [-0.2, -0.15) is 0 Å². The number of likely N-dealkylation sites (N-methyl/N-ethyl adjacent to an activating group) is 1. The van der Waals surface area contributed by atoms with E-state index in [9.17, 15) is 4.39 Å². The molecule has 2 rings (SSSR count). The monoisotopic (exact) mass is 271 g/mol. The van der Waals surface area contributed by atoms with Gasteiger partial charge in [0, 0.05) is 12.5 Å². The molecule has 106 valence electrons. The molecule has 2 aromatic rings. The molecule has 2 heteroatoms. The van der Waals surface area contributed by atoms with E-state index < -0.39 is 0 Å². The molecular formula is C18H22FN. The van der Waals surface area contributed by atoms with Gasteiger partial charge in [-0.25, -0.2) is 4.39 Å². The minimum atomic E-state index is -0.154. The van der Waals surface area contributed by atoms with Crippen LogP contribution in [-0.4, -0.2) is 13.6 Å². The van der Waals surface area contributed by atoms with Crippen molar-refractivity contribution < 1.29 is 4.39 Å². The lowest BCUT2D eigenvalue weighted by Gasteiger charge is -2.20. The summed E-state index contributed by atoms with van der Waals surface area (Å²) < 4.78 is 13.4. The summed E-state index contributed by atoms with van der Waals surface area (Å²) in [5.74, 6) is 0.209.